The number of anilines is 1. The van der Waals surface area contributed by atoms with E-state index in [1.54, 1.807) is 24.3 Å². The Bertz CT molecular complexity index is 567. The molecule has 1 amide bonds. The monoisotopic (exact) mass is 335 g/mol. The second kappa shape index (κ2) is 11.5. The second-order valence-corrected chi connectivity index (χ2v) is 5.34. The normalized spacial score (nSPS) is 10.9. The molecule has 0 saturated heterocycles. The third-order valence-electron chi connectivity index (χ3n) is 2.95. The number of nitriles is 1. The topological polar surface area (TPSA) is 74.1 Å². The number of hydrogen-bond donors (Lipinski definition) is 2. The Labute approximate surface area is 142 Å². The number of amides is 1. The molecular weight excluding hydrogens is 314 g/mol. The molecule has 0 aromatic heterocycles. The summed E-state index contributed by atoms with van der Waals surface area (Å²) in [5, 5.41) is 15.2. The van der Waals surface area contributed by atoms with E-state index in [-0.39, 0.29) is 5.57 Å². The highest BCUT2D eigenvalue weighted by Gasteiger charge is 2.09. The van der Waals surface area contributed by atoms with Crippen molar-refractivity contribution in [2.45, 2.75) is 26.2 Å². The summed E-state index contributed by atoms with van der Waals surface area (Å²) in [5.74, 6) is -0.471. The Morgan fingerprint density at radius 1 is 1.39 bits per heavy atom. The lowest BCUT2D eigenvalue weighted by Crippen LogP contribution is -2.17. The highest BCUT2D eigenvalue weighted by atomic mass is 35.5. The zero-order valence-corrected chi connectivity index (χ0v) is 14.0. The first-order valence-electron chi connectivity index (χ1n) is 7.65. The summed E-state index contributed by atoms with van der Waals surface area (Å²) < 4.78 is 5.43. The Kier molecular flexibility index (Phi) is 9.53. The van der Waals surface area contributed by atoms with Gasteiger partial charge in [-0.05, 0) is 31.0 Å². The number of rotatable bonds is 10. The SMILES string of the molecule is CCCCOCCCN/C=C(/C#N)C(=O)Nc1cccc(Cl)c1. The Hall–Kier alpha value is -2.03. The smallest absolute Gasteiger partial charge is 0.267 e. The maximum absolute atomic E-state index is 12.0. The molecule has 0 bridgehead atoms. The average molecular weight is 336 g/mol. The van der Waals surface area contributed by atoms with E-state index >= 15 is 0 Å². The highest BCUT2D eigenvalue weighted by molar-refractivity contribution is 6.31. The van der Waals surface area contributed by atoms with Gasteiger partial charge in [-0.15, -0.1) is 0 Å². The van der Waals surface area contributed by atoms with Crippen LogP contribution in [0.5, 0.6) is 0 Å². The summed E-state index contributed by atoms with van der Waals surface area (Å²) >= 11 is 5.85. The Balaban J connectivity index is 2.34. The summed E-state index contributed by atoms with van der Waals surface area (Å²) in [6.45, 7) is 4.20. The quantitative estimate of drug-likeness (QED) is 0.390. The minimum atomic E-state index is -0.471. The van der Waals surface area contributed by atoms with Crippen molar-refractivity contribution < 1.29 is 9.53 Å². The molecule has 0 radical (unpaired) electrons. The number of benzene rings is 1. The zero-order valence-electron chi connectivity index (χ0n) is 13.3. The van der Waals surface area contributed by atoms with Crippen LogP contribution in [-0.2, 0) is 9.53 Å². The molecule has 0 saturated carbocycles. The van der Waals surface area contributed by atoms with Gasteiger partial charge < -0.3 is 15.4 Å². The summed E-state index contributed by atoms with van der Waals surface area (Å²) in [5.41, 5.74) is 0.560. The van der Waals surface area contributed by atoms with Crippen LogP contribution < -0.4 is 10.6 Å². The maximum atomic E-state index is 12.0. The van der Waals surface area contributed by atoms with Gasteiger partial charge in [0.1, 0.15) is 11.6 Å². The van der Waals surface area contributed by atoms with Gasteiger partial charge in [0.2, 0.25) is 0 Å². The average Bonchev–Trinajstić information content (AvgIpc) is 2.53. The van der Waals surface area contributed by atoms with Crippen LogP contribution in [0.3, 0.4) is 0 Å². The largest absolute Gasteiger partial charge is 0.390 e. The predicted octanol–water partition coefficient (Wildman–Crippen LogP) is 3.48. The van der Waals surface area contributed by atoms with E-state index < -0.39 is 5.91 Å². The van der Waals surface area contributed by atoms with Gasteiger partial charge in [-0.2, -0.15) is 5.26 Å². The van der Waals surface area contributed by atoms with Gasteiger partial charge in [-0.1, -0.05) is 31.0 Å². The first-order valence-corrected chi connectivity index (χ1v) is 8.03. The van der Waals surface area contributed by atoms with Crippen molar-refractivity contribution in [3.8, 4) is 6.07 Å². The molecule has 0 aliphatic carbocycles. The number of halogens is 1. The zero-order chi connectivity index (χ0) is 16.9. The summed E-state index contributed by atoms with van der Waals surface area (Å²) in [6, 6.07) is 8.64. The minimum Gasteiger partial charge on any atom is -0.390 e. The molecule has 1 aromatic rings. The fourth-order valence-corrected chi connectivity index (χ4v) is 1.90. The van der Waals surface area contributed by atoms with Gasteiger partial charge in [0.05, 0.1) is 0 Å². The lowest BCUT2D eigenvalue weighted by atomic mass is 10.2. The molecule has 0 fully saturated rings. The van der Waals surface area contributed by atoms with Crippen molar-refractivity contribution in [2.75, 3.05) is 25.1 Å². The number of hydrogen-bond acceptors (Lipinski definition) is 4. The van der Waals surface area contributed by atoms with E-state index in [4.69, 9.17) is 21.6 Å². The molecule has 0 atom stereocenters. The molecule has 0 aliphatic heterocycles. The van der Waals surface area contributed by atoms with Crippen molar-refractivity contribution in [2.24, 2.45) is 0 Å². The highest BCUT2D eigenvalue weighted by Crippen LogP contribution is 2.15. The van der Waals surface area contributed by atoms with Gasteiger partial charge in [0.25, 0.3) is 5.91 Å². The molecule has 124 valence electrons. The molecule has 23 heavy (non-hydrogen) atoms. The van der Waals surface area contributed by atoms with Crippen molar-refractivity contribution in [3.63, 3.8) is 0 Å². The summed E-state index contributed by atoms with van der Waals surface area (Å²) in [7, 11) is 0. The maximum Gasteiger partial charge on any atom is 0.267 e. The van der Waals surface area contributed by atoms with Crippen LogP contribution >= 0.6 is 11.6 Å². The van der Waals surface area contributed by atoms with E-state index in [9.17, 15) is 4.79 Å². The van der Waals surface area contributed by atoms with Gasteiger partial charge in [-0.3, -0.25) is 4.79 Å². The van der Waals surface area contributed by atoms with Gasteiger partial charge in [0.15, 0.2) is 0 Å². The van der Waals surface area contributed by atoms with E-state index in [1.165, 1.54) is 6.20 Å². The first-order chi connectivity index (χ1) is 11.2. The lowest BCUT2D eigenvalue weighted by molar-refractivity contribution is -0.112. The summed E-state index contributed by atoms with van der Waals surface area (Å²) in [6.07, 6.45) is 4.42. The van der Waals surface area contributed by atoms with Crippen LogP contribution in [-0.4, -0.2) is 25.7 Å². The van der Waals surface area contributed by atoms with E-state index in [0.717, 1.165) is 25.9 Å². The van der Waals surface area contributed by atoms with Crippen LogP contribution in [0, 0.1) is 11.3 Å². The number of ether oxygens (including phenoxy) is 1. The van der Waals surface area contributed by atoms with Crippen molar-refractivity contribution in [1.82, 2.24) is 5.32 Å². The predicted molar refractivity (Wildman–Crippen MR) is 92.1 cm³/mol. The van der Waals surface area contributed by atoms with E-state index in [2.05, 4.69) is 17.6 Å². The number of carbonyl (C=O) groups excluding carboxylic acids is 1. The van der Waals surface area contributed by atoms with Gasteiger partial charge >= 0.3 is 0 Å². The van der Waals surface area contributed by atoms with Gasteiger partial charge in [0, 0.05) is 36.7 Å². The van der Waals surface area contributed by atoms with Gasteiger partial charge in [-0.25, -0.2) is 0 Å². The molecule has 0 heterocycles. The Morgan fingerprint density at radius 3 is 2.87 bits per heavy atom. The third kappa shape index (κ3) is 8.24. The van der Waals surface area contributed by atoms with Crippen molar-refractivity contribution >= 4 is 23.2 Å². The fraction of sp³-hybridized carbons (Fsp3) is 0.412. The van der Waals surface area contributed by atoms with Crippen molar-refractivity contribution in [3.05, 3.63) is 41.1 Å². The molecule has 0 unspecified atom stereocenters. The Morgan fingerprint density at radius 2 is 2.17 bits per heavy atom. The molecule has 6 heteroatoms. The lowest BCUT2D eigenvalue weighted by Gasteiger charge is -2.06. The third-order valence-corrected chi connectivity index (χ3v) is 3.18. The van der Waals surface area contributed by atoms with Crippen LogP contribution in [0.4, 0.5) is 5.69 Å². The molecule has 1 aromatic carbocycles. The van der Waals surface area contributed by atoms with E-state index in [0.29, 0.717) is 23.9 Å². The first kappa shape index (κ1) is 19.0. The van der Waals surface area contributed by atoms with Crippen LogP contribution in [0.25, 0.3) is 0 Å². The van der Waals surface area contributed by atoms with E-state index in [1.807, 2.05) is 6.07 Å². The number of nitrogens with one attached hydrogen (secondary N) is 2. The number of carbonyl (C=O) groups is 1. The molecule has 0 spiro atoms. The molecule has 1 rings (SSSR count). The fourth-order valence-electron chi connectivity index (χ4n) is 1.71. The molecular formula is C17H22ClN3O2. The standard InChI is InChI=1S/C17H22ClN3O2/c1-2-3-9-23-10-5-8-20-13-14(12-19)17(22)21-16-7-4-6-15(18)11-16/h4,6-7,11,13,20H,2-3,5,8-10H2,1H3,(H,21,22)/b14-13-. The van der Waals surface area contributed by atoms with Crippen LogP contribution in [0.1, 0.15) is 26.2 Å². The summed E-state index contributed by atoms with van der Waals surface area (Å²) in [4.78, 5) is 12.0. The number of unbranched alkanes of at least 4 members (excludes halogenated alkanes) is 1. The second-order valence-electron chi connectivity index (χ2n) is 4.91. The van der Waals surface area contributed by atoms with Crippen LogP contribution in [0.2, 0.25) is 5.02 Å². The minimum absolute atomic E-state index is 0.0110. The number of nitrogens with zero attached hydrogens (tertiary/aromatic N) is 1. The molecule has 2 N–H and O–H groups in total. The molecule has 5 nitrogen and oxygen atoms in total. The van der Waals surface area contributed by atoms with Crippen LogP contribution in [0.15, 0.2) is 36.0 Å². The molecule has 0 aliphatic rings. The van der Waals surface area contributed by atoms with Crippen molar-refractivity contribution in [1.29, 1.82) is 5.26 Å².